The third-order valence-electron chi connectivity index (χ3n) is 5.78. The summed E-state index contributed by atoms with van der Waals surface area (Å²) < 4.78 is 61.3. The van der Waals surface area contributed by atoms with Gasteiger partial charge in [0.05, 0.1) is 22.9 Å². The normalized spacial score (nSPS) is 15.1. The number of carbonyl (C=O) groups excluding carboxylic acids is 1. The quantitative estimate of drug-likeness (QED) is 0.331. The maximum atomic E-state index is 13.4. The molecule has 11 nitrogen and oxygen atoms in total. The average Bonchev–Trinajstić information content (AvgIpc) is 2.93. The molecule has 0 radical (unpaired) electrons. The Hall–Kier alpha value is -4.49. The van der Waals surface area contributed by atoms with Crippen molar-refractivity contribution < 1.29 is 26.4 Å². The second-order valence-electron chi connectivity index (χ2n) is 8.54. The molecule has 0 spiro atoms. The van der Waals surface area contributed by atoms with Gasteiger partial charge < -0.3 is 10.1 Å². The van der Waals surface area contributed by atoms with Crippen LogP contribution in [0.2, 0.25) is 0 Å². The Morgan fingerprint density at radius 3 is 2.26 bits per heavy atom. The van der Waals surface area contributed by atoms with Crippen molar-refractivity contribution in [3.8, 4) is 5.75 Å². The molecule has 2 heterocycles. The van der Waals surface area contributed by atoms with Crippen LogP contribution in [0.4, 0.5) is 17.3 Å². The lowest BCUT2D eigenvalue weighted by molar-refractivity contribution is -0.122. The van der Waals surface area contributed by atoms with Crippen LogP contribution >= 0.6 is 0 Å². The van der Waals surface area contributed by atoms with Crippen LogP contribution in [-0.4, -0.2) is 45.4 Å². The number of nitrogens with one attached hydrogen (secondary N) is 2. The number of anilines is 3. The molecule has 0 unspecified atom stereocenters. The summed E-state index contributed by atoms with van der Waals surface area (Å²) in [6, 6.07) is 22.4. The second-order valence-corrected chi connectivity index (χ2v) is 12.1. The van der Waals surface area contributed by atoms with Gasteiger partial charge in [-0.05, 0) is 48.0 Å². The molecule has 1 aliphatic rings. The molecule has 1 aromatic heterocycles. The molecule has 1 atom stereocenters. The van der Waals surface area contributed by atoms with Gasteiger partial charge in [-0.25, -0.2) is 31.5 Å². The number of hydrogen-bond acceptors (Lipinski definition) is 8. The summed E-state index contributed by atoms with van der Waals surface area (Å²) >= 11 is 0. The molecule has 3 aromatic carbocycles. The summed E-state index contributed by atoms with van der Waals surface area (Å²) in [6.45, 7) is -0.231. The predicted octanol–water partition coefficient (Wildman–Crippen LogP) is 3.01. The zero-order valence-corrected chi connectivity index (χ0v) is 22.0. The Balaban J connectivity index is 1.32. The minimum absolute atomic E-state index is 0.0611. The Morgan fingerprint density at radius 2 is 1.54 bits per heavy atom. The van der Waals surface area contributed by atoms with E-state index in [0.717, 1.165) is 0 Å². The van der Waals surface area contributed by atoms with Gasteiger partial charge >= 0.3 is 0 Å². The summed E-state index contributed by atoms with van der Waals surface area (Å²) in [7, 11) is -7.80. The zero-order chi connectivity index (χ0) is 27.5. The number of sulfonamides is 2. The molecular weight excluding hydrogens is 542 g/mol. The lowest BCUT2D eigenvalue weighted by Crippen LogP contribution is -2.49. The second kappa shape index (κ2) is 10.7. The first kappa shape index (κ1) is 26.1. The van der Waals surface area contributed by atoms with Crippen LogP contribution in [-0.2, 0) is 30.6 Å². The highest BCUT2D eigenvalue weighted by Crippen LogP contribution is 2.36. The lowest BCUT2D eigenvalue weighted by atomic mass is 10.2. The minimum Gasteiger partial charge on any atom is -0.476 e. The number of amides is 1. The monoisotopic (exact) mass is 565 g/mol. The summed E-state index contributed by atoms with van der Waals surface area (Å²) in [5, 5.41) is 2.67. The first-order valence-electron chi connectivity index (χ1n) is 11.7. The fourth-order valence-electron chi connectivity index (χ4n) is 3.94. The summed E-state index contributed by atoms with van der Waals surface area (Å²) in [6.07, 6.45) is 1.66. The van der Waals surface area contributed by atoms with Gasteiger partial charge in [-0.1, -0.05) is 42.5 Å². The van der Waals surface area contributed by atoms with Crippen molar-refractivity contribution in [2.24, 2.45) is 0 Å². The largest absolute Gasteiger partial charge is 0.476 e. The van der Waals surface area contributed by atoms with Crippen molar-refractivity contribution in [2.75, 3.05) is 20.9 Å². The van der Waals surface area contributed by atoms with Crippen molar-refractivity contribution >= 4 is 43.3 Å². The summed E-state index contributed by atoms with van der Waals surface area (Å²) in [5.41, 5.74) is 1.27. The number of nitrogens with zero attached hydrogens (tertiary/aromatic N) is 3. The molecular formula is C26H23N5O6S2. The molecule has 1 aliphatic heterocycles. The number of rotatable bonds is 8. The molecule has 0 saturated carbocycles. The van der Waals surface area contributed by atoms with E-state index in [1.165, 1.54) is 41.0 Å². The van der Waals surface area contributed by atoms with Crippen molar-refractivity contribution in [1.29, 1.82) is 0 Å². The first-order valence-corrected chi connectivity index (χ1v) is 14.8. The fourth-order valence-corrected chi connectivity index (χ4v) is 6.48. The average molecular weight is 566 g/mol. The van der Waals surface area contributed by atoms with Crippen molar-refractivity contribution in [2.45, 2.75) is 16.8 Å². The van der Waals surface area contributed by atoms with Gasteiger partial charge in [-0.3, -0.25) is 9.10 Å². The van der Waals surface area contributed by atoms with Gasteiger partial charge in [0.15, 0.2) is 6.10 Å². The smallest absolute Gasteiger partial charge is 0.267 e. The number of para-hydroxylation sites is 2. The van der Waals surface area contributed by atoms with Crippen LogP contribution in [0.3, 0.4) is 0 Å². The number of ether oxygens (including phenoxy) is 1. The third kappa shape index (κ3) is 5.99. The molecule has 2 N–H and O–H groups in total. The molecule has 39 heavy (non-hydrogen) atoms. The van der Waals surface area contributed by atoms with Gasteiger partial charge in [0.1, 0.15) is 5.75 Å². The van der Waals surface area contributed by atoms with Crippen LogP contribution < -0.4 is 19.1 Å². The van der Waals surface area contributed by atoms with Gasteiger partial charge in [-0.2, -0.15) is 0 Å². The summed E-state index contributed by atoms with van der Waals surface area (Å²) in [4.78, 5) is 20.7. The van der Waals surface area contributed by atoms with Crippen LogP contribution in [0.1, 0.15) is 5.56 Å². The van der Waals surface area contributed by atoms with Gasteiger partial charge in [0.25, 0.3) is 15.9 Å². The zero-order valence-electron chi connectivity index (χ0n) is 20.3. The van der Waals surface area contributed by atoms with E-state index in [-0.39, 0.29) is 28.9 Å². The highest BCUT2D eigenvalue weighted by atomic mass is 32.2. The lowest BCUT2D eigenvalue weighted by Gasteiger charge is -2.34. The first-order chi connectivity index (χ1) is 18.7. The van der Waals surface area contributed by atoms with E-state index >= 15 is 0 Å². The standard InChI is InChI=1S/C26H23N5O6S2/c32-25(29-20-11-13-21(14-12-20)39(35,36)30-26-27-15-6-16-28-26)24-17-31(22-9-4-5-10-23(22)37-24)38(33,34)18-19-7-2-1-3-8-19/h1-16,24H,17-18H2,(H,29,32)(H,27,28,30)/t24-/m1/s1. The number of hydrogen-bond donors (Lipinski definition) is 2. The van der Waals surface area contributed by atoms with Crippen molar-refractivity contribution in [3.63, 3.8) is 0 Å². The maximum absolute atomic E-state index is 13.4. The van der Waals surface area contributed by atoms with Gasteiger partial charge in [-0.15, -0.1) is 0 Å². The third-order valence-corrected chi connectivity index (χ3v) is 8.84. The van der Waals surface area contributed by atoms with Crippen LogP contribution in [0.5, 0.6) is 5.75 Å². The van der Waals surface area contributed by atoms with E-state index in [2.05, 4.69) is 20.0 Å². The van der Waals surface area contributed by atoms with E-state index in [0.29, 0.717) is 16.9 Å². The van der Waals surface area contributed by atoms with E-state index in [1.807, 2.05) is 0 Å². The number of aromatic nitrogens is 2. The molecule has 4 aromatic rings. The molecule has 0 bridgehead atoms. The topological polar surface area (TPSA) is 148 Å². The number of benzene rings is 3. The SMILES string of the molecule is O=C(Nc1ccc(S(=O)(=O)Nc2ncccn2)cc1)[C@H]1CN(S(=O)(=O)Cc2ccccc2)c2ccccc2O1. The predicted molar refractivity (Wildman–Crippen MR) is 145 cm³/mol. The van der Waals surface area contributed by atoms with E-state index < -0.39 is 32.1 Å². The molecule has 0 aliphatic carbocycles. The van der Waals surface area contributed by atoms with Crippen molar-refractivity contribution in [3.05, 3.63) is 103 Å². The Kier molecular flexibility index (Phi) is 7.17. The van der Waals surface area contributed by atoms with Gasteiger partial charge in [0.2, 0.25) is 16.0 Å². The maximum Gasteiger partial charge on any atom is 0.267 e. The molecule has 0 fully saturated rings. The molecule has 13 heteroatoms. The Bertz CT molecular complexity index is 1680. The molecule has 5 rings (SSSR count). The van der Waals surface area contributed by atoms with Crippen LogP contribution in [0, 0.1) is 0 Å². The fraction of sp³-hybridized carbons (Fsp3) is 0.115. The van der Waals surface area contributed by atoms with E-state index in [1.54, 1.807) is 60.7 Å². The van der Waals surface area contributed by atoms with E-state index in [4.69, 9.17) is 4.74 Å². The molecule has 200 valence electrons. The summed E-state index contributed by atoms with van der Waals surface area (Å²) in [5.74, 6) is -0.641. The van der Waals surface area contributed by atoms with Crippen molar-refractivity contribution in [1.82, 2.24) is 9.97 Å². The molecule has 0 saturated heterocycles. The van der Waals surface area contributed by atoms with Gasteiger partial charge in [0, 0.05) is 18.1 Å². The van der Waals surface area contributed by atoms with Crippen LogP contribution in [0.25, 0.3) is 0 Å². The minimum atomic E-state index is -3.95. The van der Waals surface area contributed by atoms with E-state index in [9.17, 15) is 21.6 Å². The molecule has 1 amide bonds. The number of fused-ring (bicyclic) bond motifs is 1. The van der Waals surface area contributed by atoms with Crippen LogP contribution in [0.15, 0.2) is 102 Å². The number of carbonyl (C=O) groups is 1. The Morgan fingerprint density at radius 1 is 0.872 bits per heavy atom. The highest BCUT2D eigenvalue weighted by molar-refractivity contribution is 7.92. The Labute approximate surface area is 225 Å². The highest BCUT2D eigenvalue weighted by Gasteiger charge is 2.36.